The highest BCUT2D eigenvalue weighted by Gasteiger charge is 2.05. The first kappa shape index (κ1) is 19.8. The first-order valence-corrected chi connectivity index (χ1v) is 8.24. The Morgan fingerprint density at radius 2 is 1.70 bits per heavy atom. The average molecular weight is 370 g/mol. The van der Waals surface area contributed by atoms with Gasteiger partial charge in [-0.15, -0.1) is 0 Å². The number of aliphatic imine (C=N–C) groups is 1. The van der Waals surface area contributed by atoms with Crippen LogP contribution in [-0.4, -0.2) is 38.1 Å². The van der Waals surface area contributed by atoms with Crippen LogP contribution in [0.1, 0.15) is 15.9 Å². The number of ether oxygens (including phenoxy) is 2. The van der Waals surface area contributed by atoms with Crippen molar-refractivity contribution in [3.63, 3.8) is 0 Å². The van der Waals surface area contributed by atoms with Crippen molar-refractivity contribution in [1.29, 1.82) is 0 Å². The molecule has 0 radical (unpaired) electrons. The largest absolute Gasteiger partial charge is 0.482 e. The number of methoxy groups -OCH3 is 1. The Labute approximate surface area is 157 Å². The second-order valence-corrected chi connectivity index (χ2v) is 5.60. The van der Waals surface area contributed by atoms with Gasteiger partial charge in [0, 0.05) is 12.1 Å². The number of hydrogen-bond donors (Lipinski definition) is 3. The number of benzene rings is 2. The van der Waals surface area contributed by atoms with Crippen molar-refractivity contribution in [2.24, 2.45) is 16.5 Å². The van der Waals surface area contributed by atoms with Crippen LogP contribution in [0, 0.1) is 0 Å². The molecule has 2 aromatic carbocycles. The number of carbonyl (C=O) groups excluding carboxylic acids is 2. The molecule has 0 bridgehead atoms. The summed E-state index contributed by atoms with van der Waals surface area (Å²) in [5.41, 5.74) is 12.8. The molecule has 8 heteroatoms. The van der Waals surface area contributed by atoms with Crippen LogP contribution < -0.4 is 21.5 Å². The van der Waals surface area contributed by atoms with E-state index in [1.54, 1.807) is 36.4 Å². The quantitative estimate of drug-likeness (QED) is 0.363. The molecule has 0 unspecified atom stereocenters. The second-order valence-electron chi connectivity index (χ2n) is 5.60. The Morgan fingerprint density at radius 3 is 2.30 bits per heavy atom. The fraction of sp³-hybridized carbons (Fsp3) is 0.211. The Morgan fingerprint density at radius 1 is 1.04 bits per heavy atom. The van der Waals surface area contributed by atoms with Crippen LogP contribution in [0.2, 0.25) is 0 Å². The maximum absolute atomic E-state index is 12.1. The third kappa shape index (κ3) is 6.69. The summed E-state index contributed by atoms with van der Waals surface area (Å²) in [6, 6.07) is 13.9. The molecule has 0 aliphatic carbocycles. The minimum Gasteiger partial charge on any atom is -0.482 e. The van der Waals surface area contributed by atoms with Gasteiger partial charge in [-0.3, -0.25) is 4.79 Å². The van der Waals surface area contributed by atoms with Gasteiger partial charge >= 0.3 is 5.97 Å². The van der Waals surface area contributed by atoms with Crippen LogP contribution in [0.15, 0.2) is 53.5 Å². The zero-order chi connectivity index (χ0) is 19.6. The van der Waals surface area contributed by atoms with E-state index in [1.165, 1.54) is 7.11 Å². The third-order valence-electron chi connectivity index (χ3n) is 3.59. The van der Waals surface area contributed by atoms with E-state index >= 15 is 0 Å². The lowest BCUT2D eigenvalue weighted by atomic mass is 10.1. The summed E-state index contributed by atoms with van der Waals surface area (Å²) in [7, 11) is 1.31. The van der Waals surface area contributed by atoms with Crippen LogP contribution in [0.3, 0.4) is 0 Å². The van der Waals surface area contributed by atoms with E-state index in [1.807, 2.05) is 12.1 Å². The Hall–Kier alpha value is -3.55. The Bertz CT molecular complexity index is 797. The summed E-state index contributed by atoms with van der Waals surface area (Å²) < 4.78 is 9.79. The molecule has 0 aliphatic heterocycles. The number of amides is 1. The van der Waals surface area contributed by atoms with Gasteiger partial charge in [0.2, 0.25) is 0 Å². The van der Waals surface area contributed by atoms with Crippen LogP contribution in [0.25, 0.3) is 0 Å². The number of nitrogens with zero attached hydrogens (tertiary/aromatic N) is 1. The number of guanidine groups is 1. The number of rotatable bonds is 8. The van der Waals surface area contributed by atoms with Gasteiger partial charge in [-0.05, 0) is 48.4 Å². The SMILES string of the molecule is COC(=O)COc1ccc(CCNC(=O)c2ccc(N=C(N)N)cc2)cc1. The lowest BCUT2D eigenvalue weighted by Gasteiger charge is -2.08. The van der Waals surface area contributed by atoms with Crippen LogP contribution in [0.4, 0.5) is 5.69 Å². The summed E-state index contributed by atoms with van der Waals surface area (Å²) >= 11 is 0. The fourth-order valence-electron chi connectivity index (χ4n) is 2.21. The van der Waals surface area contributed by atoms with Gasteiger partial charge < -0.3 is 26.3 Å². The van der Waals surface area contributed by atoms with Crippen molar-refractivity contribution in [3.8, 4) is 5.75 Å². The van der Waals surface area contributed by atoms with Crippen molar-refractivity contribution in [2.45, 2.75) is 6.42 Å². The normalized spacial score (nSPS) is 9.96. The molecule has 0 atom stereocenters. The summed E-state index contributed by atoms with van der Waals surface area (Å²) in [6.45, 7) is 0.352. The highest BCUT2D eigenvalue weighted by Crippen LogP contribution is 2.14. The molecule has 0 saturated heterocycles. The Balaban J connectivity index is 1.79. The highest BCUT2D eigenvalue weighted by molar-refractivity contribution is 5.94. The van der Waals surface area contributed by atoms with Gasteiger partial charge in [0.1, 0.15) is 5.75 Å². The monoisotopic (exact) mass is 370 g/mol. The van der Waals surface area contributed by atoms with Crippen molar-refractivity contribution < 1.29 is 19.1 Å². The van der Waals surface area contributed by atoms with Gasteiger partial charge in [-0.2, -0.15) is 0 Å². The molecule has 0 aliphatic rings. The maximum Gasteiger partial charge on any atom is 0.343 e. The van der Waals surface area contributed by atoms with E-state index in [0.717, 1.165) is 5.56 Å². The van der Waals surface area contributed by atoms with E-state index in [-0.39, 0.29) is 18.5 Å². The van der Waals surface area contributed by atoms with Crippen molar-refractivity contribution in [1.82, 2.24) is 5.32 Å². The second kappa shape index (κ2) is 9.81. The Kier molecular flexibility index (Phi) is 7.18. The molecule has 2 aromatic rings. The molecule has 1 amide bonds. The van der Waals surface area contributed by atoms with Gasteiger partial charge in [-0.1, -0.05) is 12.1 Å². The summed E-state index contributed by atoms with van der Waals surface area (Å²) in [5, 5.41) is 2.85. The zero-order valence-electron chi connectivity index (χ0n) is 15.0. The summed E-state index contributed by atoms with van der Waals surface area (Å²) in [4.78, 5) is 27.1. The van der Waals surface area contributed by atoms with E-state index in [9.17, 15) is 9.59 Å². The first-order chi connectivity index (χ1) is 13.0. The molecule has 0 spiro atoms. The molecule has 0 aromatic heterocycles. The predicted octanol–water partition coefficient (Wildman–Crippen LogP) is 1.12. The lowest BCUT2D eigenvalue weighted by Crippen LogP contribution is -2.25. The van der Waals surface area contributed by atoms with Crippen molar-refractivity contribution in [3.05, 3.63) is 59.7 Å². The standard InChI is InChI=1S/C19H22N4O4/c1-26-17(24)12-27-16-8-2-13(3-9-16)10-11-22-18(25)14-4-6-15(7-5-14)23-19(20)21/h2-9H,10-12H2,1H3,(H,22,25)(H4,20,21,23). The number of nitrogens with one attached hydrogen (secondary N) is 1. The number of nitrogens with two attached hydrogens (primary N) is 2. The van der Waals surface area contributed by atoms with Gasteiger partial charge in [0.15, 0.2) is 12.6 Å². The molecule has 0 heterocycles. The molecular formula is C19H22N4O4. The van der Waals surface area contributed by atoms with E-state index < -0.39 is 5.97 Å². The van der Waals surface area contributed by atoms with Gasteiger partial charge in [-0.25, -0.2) is 9.79 Å². The van der Waals surface area contributed by atoms with Crippen molar-refractivity contribution in [2.75, 3.05) is 20.3 Å². The van der Waals surface area contributed by atoms with E-state index in [0.29, 0.717) is 30.0 Å². The van der Waals surface area contributed by atoms with Crippen LogP contribution in [0.5, 0.6) is 5.75 Å². The average Bonchev–Trinajstić information content (AvgIpc) is 2.67. The first-order valence-electron chi connectivity index (χ1n) is 8.24. The summed E-state index contributed by atoms with van der Waals surface area (Å²) in [6.07, 6.45) is 0.662. The van der Waals surface area contributed by atoms with Crippen LogP contribution in [-0.2, 0) is 16.0 Å². The molecule has 27 heavy (non-hydrogen) atoms. The van der Waals surface area contributed by atoms with Gasteiger partial charge in [0.05, 0.1) is 12.8 Å². The van der Waals surface area contributed by atoms with Crippen molar-refractivity contribution >= 4 is 23.5 Å². The van der Waals surface area contributed by atoms with Crippen LogP contribution >= 0.6 is 0 Å². The topological polar surface area (TPSA) is 129 Å². The molecule has 8 nitrogen and oxygen atoms in total. The third-order valence-corrected chi connectivity index (χ3v) is 3.59. The molecule has 0 fully saturated rings. The highest BCUT2D eigenvalue weighted by atomic mass is 16.6. The predicted molar refractivity (Wildman–Crippen MR) is 102 cm³/mol. The smallest absolute Gasteiger partial charge is 0.343 e. The maximum atomic E-state index is 12.1. The molecular weight excluding hydrogens is 348 g/mol. The number of carbonyl (C=O) groups is 2. The summed E-state index contributed by atoms with van der Waals surface area (Å²) in [5.74, 6) is -0.0691. The molecule has 5 N–H and O–H groups in total. The van der Waals surface area contributed by atoms with E-state index in [2.05, 4.69) is 15.0 Å². The molecule has 2 rings (SSSR count). The fourth-order valence-corrected chi connectivity index (χ4v) is 2.21. The number of esters is 1. The molecule has 0 saturated carbocycles. The zero-order valence-corrected chi connectivity index (χ0v) is 15.0. The lowest BCUT2D eigenvalue weighted by molar-refractivity contribution is -0.142. The van der Waals surface area contributed by atoms with E-state index in [4.69, 9.17) is 16.2 Å². The minimum atomic E-state index is -0.437. The minimum absolute atomic E-state index is 0.0334. The number of hydrogen-bond acceptors (Lipinski definition) is 5. The van der Waals surface area contributed by atoms with Gasteiger partial charge in [0.25, 0.3) is 5.91 Å². The molecule has 142 valence electrons.